The van der Waals surface area contributed by atoms with Crippen LogP contribution in [0.5, 0.6) is 17.2 Å². The molecule has 104 valence electrons. The Morgan fingerprint density at radius 3 is 1.95 bits per heavy atom. The van der Waals surface area contributed by atoms with Crippen LogP contribution in [0.4, 0.5) is 5.69 Å². The Morgan fingerprint density at radius 2 is 1.45 bits per heavy atom. The lowest BCUT2D eigenvalue weighted by atomic mass is 10.3. The second-order valence-corrected chi connectivity index (χ2v) is 4.21. The Balaban J connectivity index is 2.00. The molecule has 20 heavy (non-hydrogen) atoms. The smallest absolute Gasteiger partial charge is 0.221 e. The van der Waals surface area contributed by atoms with Crippen LogP contribution in [-0.4, -0.2) is 12.5 Å². The summed E-state index contributed by atoms with van der Waals surface area (Å²) in [6.07, 6.45) is 0. The first-order chi connectivity index (χ1) is 9.67. The molecule has 1 amide bonds. The van der Waals surface area contributed by atoms with Crippen molar-refractivity contribution in [2.24, 2.45) is 0 Å². The van der Waals surface area contributed by atoms with Gasteiger partial charge >= 0.3 is 0 Å². The minimum atomic E-state index is -0.0924. The van der Waals surface area contributed by atoms with Crippen LogP contribution >= 0.6 is 0 Å². The lowest BCUT2D eigenvalue weighted by molar-refractivity contribution is -0.114. The van der Waals surface area contributed by atoms with Crippen molar-refractivity contribution in [1.82, 2.24) is 0 Å². The van der Waals surface area contributed by atoms with E-state index in [1.807, 2.05) is 43.3 Å². The normalized spacial score (nSPS) is 9.90. The van der Waals surface area contributed by atoms with E-state index >= 15 is 0 Å². The Bertz CT molecular complexity index is 561. The van der Waals surface area contributed by atoms with Gasteiger partial charge in [0.2, 0.25) is 5.91 Å². The zero-order chi connectivity index (χ0) is 14.4. The summed E-state index contributed by atoms with van der Waals surface area (Å²) in [5.74, 6) is 2.18. The number of amides is 1. The standard InChI is InChI=1S/C16H17NO3/c1-3-19-14-8-10-16(11-9-14)20-15-6-4-13(5-7-15)17-12(2)18/h4-11H,3H2,1-2H3,(H,17,18). The highest BCUT2D eigenvalue weighted by Gasteiger charge is 2.00. The number of ether oxygens (including phenoxy) is 2. The Kier molecular flexibility index (Phi) is 4.60. The van der Waals surface area contributed by atoms with Gasteiger partial charge in [-0.1, -0.05) is 0 Å². The molecule has 2 rings (SSSR count). The minimum Gasteiger partial charge on any atom is -0.494 e. The molecular formula is C16H17NO3. The minimum absolute atomic E-state index is 0.0924. The summed E-state index contributed by atoms with van der Waals surface area (Å²) in [5, 5.41) is 2.71. The van der Waals surface area contributed by atoms with Gasteiger partial charge in [-0.3, -0.25) is 4.79 Å². The number of carbonyl (C=O) groups excluding carboxylic acids is 1. The summed E-state index contributed by atoms with van der Waals surface area (Å²) in [5.41, 5.74) is 0.747. The molecule has 0 saturated carbocycles. The summed E-state index contributed by atoms with van der Waals surface area (Å²) in [6, 6.07) is 14.6. The van der Waals surface area contributed by atoms with E-state index in [9.17, 15) is 4.79 Å². The van der Waals surface area contributed by atoms with Crippen molar-refractivity contribution in [2.45, 2.75) is 13.8 Å². The number of benzene rings is 2. The van der Waals surface area contributed by atoms with Crippen LogP contribution in [0, 0.1) is 0 Å². The van der Waals surface area contributed by atoms with E-state index in [0.717, 1.165) is 17.2 Å². The van der Waals surface area contributed by atoms with Crippen LogP contribution in [0.1, 0.15) is 13.8 Å². The van der Waals surface area contributed by atoms with E-state index in [1.165, 1.54) is 6.92 Å². The summed E-state index contributed by atoms with van der Waals surface area (Å²) in [4.78, 5) is 10.9. The van der Waals surface area contributed by atoms with E-state index in [1.54, 1.807) is 12.1 Å². The van der Waals surface area contributed by atoms with Crippen LogP contribution in [-0.2, 0) is 4.79 Å². The molecule has 0 heterocycles. The fourth-order valence-electron chi connectivity index (χ4n) is 1.72. The molecule has 0 bridgehead atoms. The summed E-state index contributed by atoms with van der Waals surface area (Å²) in [6.45, 7) is 4.07. The Morgan fingerprint density at radius 1 is 0.950 bits per heavy atom. The predicted molar refractivity (Wildman–Crippen MR) is 78.4 cm³/mol. The highest BCUT2D eigenvalue weighted by Crippen LogP contribution is 2.25. The quantitative estimate of drug-likeness (QED) is 0.898. The molecule has 1 N–H and O–H groups in total. The number of hydrogen-bond donors (Lipinski definition) is 1. The van der Waals surface area contributed by atoms with Crippen molar-refractivity contribution in [2.75, 3.05) is 11.9 Å². The van der Waals surface area contributed by atoms with Gasteiger partial charge in [0.25, 0.3) is 0 Å². The van der Waals surface area contributed by atoms with E-state index in [-0.39, 0.29) is 5.91 Å². The zero-order valence-electron chi connectivity index (χ0n) is 11.6. The number of carbonyl (C=O) groups is 1. The molecule has 4 heteroatoms. The van der Waals surface area contributed by atoms with Crippen molar-refractivity contribution < 1.29 is 14.3 Å². The second-order valence-electron chi connectivity index (χ2n) is 4.21. The van der Waals surface area contributed by atoms with Gasteiger partial charge < -0.3 is 14.8 Å². The average molecular weight is 271 g/mol. The maximum atomic E-state index is 10.9. The van der Waals surface area contributed by atoms with Gasteiger partial charge in [0.15, 0.2) is 0 Å². The number of rotatable bonds is 5. The van der Waals surface area contributed by atoms with Gasteiger partial charge in [-0.05, 0) is 55.5 Å². The lowest BCUT2D eigenvalue weighted by Crippen LogP contribution is -2.05. The predicted octanol–water partition coefficient (Wildman–Crippen LogP) is 3.84. The first-order valence-electron chi connectivity index (χ1n) is 6.46. The van der Waals surface area contributed by atoms with Gasteiger partial charge in [0.1, 0.15) is 17.2 Å². The molecule has 0 saturated heterocycles. The number of anilines is 1. The maximum absolute atomic E-state index is 10.9. The molecular weight excluding hydrogens is 254 g/mol. The number of nitrogens with one attached hydrogen (secondary N) is 1. The number of hydrogen-bond acceptors (Lipinski definition) is 3. The molecule has 0 fully saturated rings. The molecule has 0 aliphatic heterocycles. The third kappa shape index (κ3) is 4.02. The Labute approximate surface area is 118 Å². The largest absolute Gasteiger partial charge is 0.494 e. The molecule has 4 nitrogen and oxygen atoms in total. The SMILES string of the molecule is CCOc1ccc(Oc2ccc(NC(C)=O)cc2)cc1. The highest BCUT2D eigenvalue weighted by atomic mass is 16.5. The molecule has 0 radical (unpaired) electrons. The maximum Gasteiger partial charge on any atom is 0.221 e. The van der Waals surface area contributed by atoms with Crippen LogP contribution in [0.25, 0.3) is 0 Å². The molecule has 0 unspecified atom stereocenters. The van der Waals surface area contributed by atoms with Crippen molar-refractivity contribution in [3.05, 3.63) is 48.5 Å². The second kappa shape index (κ2) is 6.61. The van der Waals surface area contributed by atoms with Gasteiger partial charge in [0.05, 0.1) is 6.61 Å². The van der Waals surface area contributed by atoms with Crippen LogP contribution in [0.2, 0.25) is 0 Å². The molecule has 0 aliphatic rings. The lowest BCUT2D eigenvalue weighted by Gasteiger charge is -2.08. The van der Waals surface area contributed by atoms with E-state index in [0.29, 0.717) is 12.4 Å². The molecule has 0 spiro atoms. The molecule has 2 aromatic rings. The Hall–Kier alpha value is -2.49. The third-order valence-electron chi connectivity index (χ3n) is 2.55. The summed E-state index contributed by atoms with van der Waals surface area (Å²) in [7, 11) is 0. The topological polar surface area (TPSA) is 47.6 Å². The first kappa shape index (κ1) is 13.9. The van der Waals surface area contributed by atoms with E-state index < -0.39 is 0 Å². The average Bonchev–Trinajstić information content (AvgIpc) is 2.43. The van der Waals surface area contributed by atoms with Gasteiger partial charge in [-0.2, -0.15) is 0 Å². The van der Waals surface area contributed by atoms with E-state index in [4.69, 9.17) is 9.47 Å². The van der Waals surface area contributed by atoms with Gasteiger partial charge in [-0.25, -0.2) is 0 Å². The van der Waals surface area contributed by atoms with Crippen molar-refractivity contribution >= 4 is 11.6 Å². The third-order valence-corrected chi connectivity index (χ3v) is 2.55. The fourth-order valence-corrected chi connectivity index (χ4v) is 1.72. The fraction of sp³-hybridized carbons (Fsp3) is 0.188. The monoisotopic (exact) mass is 271 g/mol. The van der Waals surface area contributed by atoms with Gasteiger partial charge in [-0.15, -0.1) is 0 Å². The van der Waals surface area contributed by atoms with Crippen molar-refractivity contribution in [3.8, 4) is 17.2 Å². The molecule has 0 atom stereocenters. The van der Waals surface area contributed by atoms with Crippen LogP contribution in [0.15, 0.2) is 48.5 Å². The van der Waals surface area contributed by atoms with E-state index in [2.05, 4.69) is 5.32 Å². The van der Waals surface area contributed by atoms with Crippen LogP contribution < -0.4 is 14.8 Å². The summed E-state index contributed by atoms with van der Waals surface area (Å²) >= 11 is 0. The zero-order valence-corrected chi connectivity index (χ0v) is 11.6. The van der Waals surface area contributed by atoms with Crippen molar-refractivity contribution in [1.29, 1.82) is 0 Å². The first-order valence-corrected chi connectivity index (χ1v) is 6.46. The highest BCUT2D eigenvalue weighted by molar-refractivity contribution is 5.88. The molecule has 2 aromatic carbocycles. The van der Waals surface area contributed by atoms with Crippen molar-refractivity contribution in [3.63, 3.8) is 0 Å². The molecule has 0 aliphatic carbocycles. The summed E-state index contributed by atoms with van der Waals surface area (Å²) < 4.78 is 11.1. The molecule has 0 aromatic heterocycles. The van der Waals surface area contributed by atoms with Crippen LogP contribution in [0.3, 0.4) is 0 Å². The van der Waals surface area contributed by atoms with Gasteiger partial charge in [0, 0.05) is 12.6 Å².